The molecule has 0 bridgehead atoms. The molecule has 0 fully saturated rings. The topological polar surface area (TPSA) is 98.7 Å². The molecule has 3 N–H and O–H groups in total. The van der Waals surface area contributed by atoms with E-state index in [1.54, 1.807) is 54.5 Å². The number of aromatic amines is 1. The Hall–Kier alpha value is -3.32. The van der Waals surface area contributed by atoms with Gasteiger partial charge in [0, 0.05) is 31.4 Å². The normalized spacial score (nSPS) is 15.8. The maximum atomic E-state index is 13.1. The second-order valence-corrected chi connectivity index (χ2v) is 6.75. The number of carbonyl (C=O) groups is 1. The quantitative estimate of drug-likeness (QED) is 0.572. The summed E-state index contributed by atoms with van der Waals surface area (Å²) in [5.74, 6) is 0.180. The summed E-state index contributed by atoms with van der Waals surface area (Å²) < 4.78 is 5.14. The zero-order chi connectivity index (χ0) is 19.7. The monoisotopic (exact) mass is 379 g/mol. The Bertz CT molecular complexity index is 997. The number of fused-ring (bicyclic) bond motifs is 1. The first kappa shape index (κ1) is 18.1. The Morgan fingerprint density at radius 2 is 1.93 bits per heavy atom. The van der Waals surface area contributed by atoms with Gasteiger partial charge in [0.1, 0.15) is 17.2 Å². The molecule has 0 aliphatic carbocycles. The van der Waals surface area contributed by atoms with E-state index >= 15 is 0 Å². The molecule has 1 aliphatic rings. The summed E-state index contributed by atoms with van der Waals surface area (Å²) in [6, 6.07) is 13.3. The number of hydrogen-bond donors (Lipinski definition) is 3. The number of aromatic hydroxyl groups is 2. The van der Waals surface area contributed by atoms with Crippen LogP contribution in [0.25, 0.3) is 11.3 Å². The van der Waals surface area contributed by atoms with E-state index in [0.29, 0.717) is 31.0 Å². The lowest BCUT2D eigenvalue weighted by Gasteiger charge is -2.26. The fourth-order valence-electron chi connectivity index (χ4n) is 3.69. The number of aromatic nitrogens is 2. The van der Waals surface area contributed by atoms with Gasteiger partial charge in [-0.1, -0.05) is 12.1 Å². The molecule has 0 radical (unpaired) electrons. The Morgan fingerprint density at radius 3 is 2.64 bits per heavy atom. The zero-order valence-electron chi connectivity index (χ0n) is 15.4. The molecular formula is C21H21N3O4. The van der Waals surface area contributed by atoms with Crippen LogP contribution in [0.1, 0.15) is 34.1 Å². The summed E-state index contributed by atoms with van der Waals surface area (Å²) in [4.78, 5) is 14.8. The van der Waals surface area contributed by atoms with Gasteiger partial charge in [0.05, 0.1) is 11.7 Å². The van der Waals surface area contributed by atoms with Crippen LogP contribution in [0.5, 0.6) is 11.5 Å². The van der Waals surface area contributed by atoms with Crippen molar-refractivity contribution in [2.75, 3.05) is 20.3 Å². The van der Waals surface area contributed by atoms with Gasteiger partial charge in [0.25, 0.3) is 5.91 Å². The SMILES string of the molecule is COCCCN1C(=O)c2[nH]nc(-c3ccc(O)cc3)c2C1c1cccc(O)c1. The number of phenols is 2. The van der Waals surface area contributed by atoms with E-state index in [1.165, 1.54) is 0 Å². The summed E-state index contributed by atoms with van der Waals surface area (Å²) in [6.45, 7) is 1.07. The van der Waals surface area contributed by atoms with Crippen molar-refractivity contribution in [1.29, 1.82) is 0 Å². The minimum absolute atomic E-state index is 0.128. The van der Waals surface area contributed by atoms with Gasteiger partial charge in [-0.25, -0.2) is 0 Å². The zero-order valence-corrected chi connectivity index (χ0v) is 15.4. The first-order chi connectivity index (χ1) is 13.6. The summed E-state index contributed by atoms with van der Waals surface area (Å²) in [5, 5.41) is 26.8. The molecule has 144 valence electrons. The lowest BCUT2D eigenvalue weighted by molar-refractivity contribution is 0.0723. The third-order valence-corrected chi connectivity index (χ3v) is 4.94. The van der Waals surface area contributed by atoms with Crippen LogP contribution < -0.4 is 0 Å². The predicted octanol–water partition coefficient (Wildman–Crippen LogP) is 3.07. The number of H-pyrrole nitrogens is 1. The van der Waals surface area contributed by atoms with Gasteiger partial charge in [-0.05, 0) is 48.4 Å². The van der Waals surface area contributed by atoms with Gasteiger partial charge in [0.2, 0.25) is 0 Å². The molecule has 3 aromatic rings. The lowest BCUT2D eigenvalue weighted by atomic mass is 9.96. The molecule has 0 saturated heterocycles. The van der Waals surface area contributed by atoms with Crippen LogP contribution in [0.15, 0.2) is 48.5 Å². The molecule has 1 amide bonds. The molecule has 1 aliphatic heterocycles. The number of benzene rings is 2. The van der Waals surface area contributed by atoms with Gasteiger partial charge in [0.15, 0.2) is 0 Å². The van der Waals surface area contributed by atoms with Crippen LogP contribution in [-0.2, 0) is 4.74 Å². The molecule has 7 nitrogen and oxygen atoms in total. The van der Waals surface area contributed by atoms with E-state index in [2.05, 4.69) is 10.2 Å². The second-order valence-electron chi connectivity index (χ2n) is 6.75. The van der Waals surface area contributed by atoms with Crippen molar-refractivity contribution in [3.05, 3.63) is 65.4 Å². The standard InChI is InChI=1S/C21H21N3O4/c1-28-11-3-10-24-20(14-4-2-5-16(26)12-14)17-18(22-23-19(17)21(24)27)13-6-8-15(25)9-7-13/h2,4-9,12,20,25-26H,3,10-11H2,1H3,(H,22,23). The number of hydrogen-bond acceptors (Lipinski definition) is 5. The van der Waals surface area contributed by atoms with Crippen molar-refractivity contribution >= 4 is 5.91 Å². The van der Waals surface area contributed by atoms with Gasteiger partial charge in [-0.15, -0.1) is 0 Å². The van der Waals surface area contributed by atoms with Crippen molar-refractivity contribution in [3.63, 3.8) is 0 Å². The molecule has 0 saturated carbocycles. The molecule has 7 heteroatoms. The van der Waals surface area contributed by atoms with E-state index in [-0.39, 0.29) is 23.4 Å². The first-order valence-electron chi connectivity index (χ1n) is 9.06. The van der Waals surface area contributed by atoms with Crippen molar-refractivity contribution in [3.8, 4) is 22.8 Å². The highest BCUT2D eigenvalue weighted by molar-refractivity contribution is 6.00. The number of carbonyl (C=O) groups excluding carboxylic acids is 1. The van der Waals surface area contributed by atoms with E-state index in [9.17, 15) is 15.0 Å². The number of nitrogens with one attached hydrogen (secondary N) is 1. The number of phenolic OH excluding ortho intramolecular Hbond substituents is 2. The molecular weight excluding hydrogens is 358 g/mol. The third kappa shape index (κ3) is 3.10. The summed E-state index contributed by atoms with van der Waals surface area (Å²) in [5.41, 5.74) is 3.50. The molecule has 4 rings (SSSR count). The minimum atomic E-state index is -0.367. The van der Waals surface area contributed by atoms with E-state index in [4.69, 9.17) is 4.74 Å². The number of ether oxygens (including phenoxy) is 1. The first-order valence-corrected chi connectivity index (χ1v) is 9.06. The highest BCUT2D eigenvalue weighted by Gasteiger charge is 2.41. The smallest absolute Gasteiger partial charge is 0.273 e. The summed E-state index contributed by atoms with van der Waals surface area (Å²) in [7, 11) is 1.63. The highest BCUT2D eigenvalue weighted by Crippen LogP contribution is 2.43. The van der Waals surface area contributed by atoms with E-state index < -0.39 is 0 Å². The maximum Gasteiger partial charge on any atom is 0.273 e. The lowest BCUT2D eigenvalue weighted by Crippen LogP contribution is -2.31. The van der Waals surface area contributed by atoms with Gasteiger partial charge < -0.3 is 19.8 Å². The van der Waals surface area contributed by atoms with Crippen LogP contribution in [-0.4, -0.2) is 51.5 Å². The van der Waals surface area contributed by atoms with Crippen LogP contribution >= 0.6 is 0 Å². The van der Waals surface area contributed by atoms with Crippen LogP contribution in [0.3, 0.4) is 0 Å². The predicted molar refractivity (Wildman–Crippen MR) is 103 cm³/mol. The van der Waals surface area contributed by atoms with E-state index in [1.807, 2.05) is 6.07 Å². The van der Waals surface area contributed by atoms with Gasteiger partial charge in [-0.2, -0.15) is 5.10 Å². The molecule has 1 unspecified atom stereocenters. The summed E-state index contributed by atoms with van der Waals surface area (Å²) in [6.07, 6.45) is 0.698. The van der Waals surface area contributed by atoms with Gasteiger partial charge in [-0.3, -0.25) is 9.89 Å². The van der Waals surface area contributed by atoms with Crippen LogP contribution in [0.4, 0.5) is 0 Å². The van der Waals surface area contributed by atoms with E-state index in [0.717, 1.165) is 16.7 Å². The largest absolute Gasteiger partial charge is 0.508 e. The average Bonchev–Trinajstić information content (AvgIpc) is 3.22. The Kier molecular flexibility index (Phi) is 4.75. The Morgan fingerprint density at radius 1 is 1.14 bits per heavy atom. The van der Waals surface area contributed by atoms with Crippen molar-refractivity contribution in [2.24, 2.45) is 0 Å². The van der Waals surface area contributed by atoms with Crippen LogP contribution in [0.2, 0.25) is 0 Å². The molecule has 2 heterocycles. The number of nitrogens with zero attached hydrogens (tertiary/aromatic N) is 2. The van der Waals surface area contributed by atoms with Crippen molar-refractivity contribution in [2.45, 2.75) is 12.5 Å². The third-order valence-electron chi connectivity index (χ3n) is 4.94. The number of rotatable bonds is 6. The molecule has 28 heavy (non-hydrogen) atoms. The van der Waals surface area contributed by atoms with Crippen molar-refractivity contribution < 1.29 is 19.7 Å². The molecule has 1 aromatic heterocycles. The number of amides is 1. The fraction of sp³-hybridized carbons (Fsp3) is 0.238. The number of methoxy groups -OCH3 is 1. The highest BCUT2D eigenvalue weighted by atomic mass is 16.5. The summed E-state index contributed by atoms with van der Waals surface area (Å²) >= 11 is 0. The molecule has 2 aromatic carbocycles. The van der Waals surface area contributed by atoms with Gasteiger partial charge >= 0.3 is 0 Å². The Labute approximate surface area is 162 Å². The molecule has 0 spiro atoms. The average molecular weight is 379 g/mol. The Balaban J connectivity index is 1.82. The van der Waals surface area contributed by atoms with Crippen LogP contribution in [0, 0.1) is 0 Å². The molecule has 1 atom stereocenters. The van der Waals surface area contributed by atoms with Crippen molar-refractivity contribution in [1.82, 2.24) is 15.1 Å². The maximum absolute atomic E-state index is 13.1. The second kappa shape index (κ2) is 7.36. The fourth-order valence-corrected chi connectivity index (χ4v) is 3.69. The minimum Gasteiger partial charge on any atom is -0.508 e.